The van der Waals surface area contributed by atoms with E-state index in [-0.39, 0.29) is 29.7 Å². The molecule has 1 aliphatic heterocycles. The topological polar surface area (TPSA) is 209 Å². The lowest BCUT2D eigenvalue weighted by Crippen LogP contribution is -2.61. The third kappa shape index (κ3) is 10.00. The average Bonchev–Trinajstić information content (AvgIpc) is 3.08. The van der Waals surface area contributed by atoms with Crippen LogP contribution in [-0.2, 0) is 33.5 Å². The summed E-state index contributed by atoms with van der Waals surface area (Å²) in [6, 6.07) is -4.73. The molecule has 0 unspecified atom stereocenters. The fraction of sp³-hybridized carbons (Fsp3) is 0.838. The quantitative estimate of drug-likeness (QED) is 0.188. The number of esters is 1. The number of amides is 5. The molecule has 0 aromatic rings. The zero-order valence-electron chi connectivity index (χ0n) is 31.4. The largest absolute Gasteiger partial charge is 0.460 e. The van der Waals surface area contributed by atoms with Crippen molar-refractivity contribution in [1.82, 2.24) is 26.2 Å². The Bertz CT molecular complexity index is 1260. The molecular weight excluding hydrogens is 656 g/mol. The maximum atomic E-state index is 14.3. The molecule has 5 amide bonds. The summed E-state index contributed by atoms with van der Waals surface area (Å²) in [5.41, 5.74) is 5.99. The van der Waals surface area contributed by atoms with Gasteiger partial charge in [-0.2, -0.15) is 0 Å². The predicted molar refractivity (Wildman–Crippen MR) is 189 cm³/mol. The standard InChI is InChI=1S/C37H62N6O8/c1-7-21(4)31-35(49)40-26(17-38)33(47)41-27(19-44)32(46)39-18-30(45)51-29(8-9-37-14-23-11-24(15-37)13-25(12-23)16-37)22(5)36(50)43(6)28(10-20(2)3)34(48)42-31/h20-29,31,44H,7-19,38H2,1-6H3,(H,39,46)(H,40,49)(H,41,47)(H,42,48)/t21-,22-,23?,24?,25?,26+,27+,28+,29-,31+,37?/m1/s1. The lowest BCUT2D eigenvalue weighted by Gasteiger charge is -2.57. The highest BCUT2D eigenvalue weighted by molar-refractivity contribution is 5.96. The monoisotopic (exact) mass is 718 g/mol. The Morgan fingerprint density at radius 3 is 2.00 bits per heavy atom. The van der Waals surface area contributed by atoms with Crippen LogP contribution in [0.25, 0.3) is 0 Å². The van der Waals surface area contributed by atoms with Gasteiger partial charge in [0.25, 0.3) is 0 Å². The van der Waals surface area contributed by atoms with Crippen molar-refractivity contribution in [3.05, 3.63) is 0 Å². The van der Waals surface area contributed by atoms with Crippen LogP contribution in [0.5, 0.6) is 0 Å². The van der Waals surface area contributed by atoms with Crippen LogP contribution in [-0.4, -0.2) is 103 Å². The van der Waals surface area contributed by atoms with Gasteiger partial charge in [0.1, 0.15) is 36.8 Å². The fourth-order valence-corrected chi connectivity index (χ4v) is 9.38. The van der Waals surface area contributed by atoms with Gasteiger partial charge in [0.05, 0.1) is 12.5 Å². The Balaban J connectivity index is 1.65. The van der Waals surface area contributed by atoms with E-state index in [0.717, 1.165) is 43.4 Å². The second-order valence-corrected chi connectivity index (χ2v) is 16.5. The van der Waals surface area contributed by atoms with Gasteiger partial charge in [-0.25, -0.2) is 0 Å². The molecule has 7 atom stereocenters. The number of rotatable bonds is 9. The van der Waals surface area contributed by atoms with Crippen LogP contribution in [0.2, 0.25) is 0 Å². The van der Waals surface area contributed by atoms with Crippen molar-refractivity contribution in [2.75, 3.05) is 26.7 Å². The van der Waals surface area contributed by atoms with Gasteiger partial charge in [0.2, 0.25) is 29.5 Å². The van der Waals surface area contributed by atoms with Crippen LogP contribution in [0.3, 0.4) is 0 Å². The highest BCUT2D eigenvalue weighted by atomic mass is 16.5. The first-order valence-corrected chi connectivity index (χ1v) is 19.1. The van der Waals surface area contributed by atoms with E-state index < -0.39 is 78.9 Å². The number of cyclic esters (lactones) is 1. The molecule has 4 bridgehead atoms. The molecule has 7 N–H and O–H groups in total. The van der Waals surface area contributed by atoms with Crippen molar-refractivity contribution in [2.24, 2.45) is 46.7 Å². The molecule has 0 spiro atoms. The number of carbonyl (C=O) groups is 6. The summed E-state index contributed by atoms with van der Waals surface area (Å²) in [5, 5.41) is 20.2. The Kier molecular flexibility index (Phi) is 13.9. The van der Waals surface area contributed by atoms with E-state index in [1.165, 1.54) is 24.2 Å². The molecule has 14 heteroatoms. The van der Waals surface area contributed by atoms with Crippen LogP contribution in [0, 0.1) is 40.9 Å². The van der Waals surface area contributed by atoms with Gasteiger partial charge in [-0.3, -0.25) is 28.8 Å². The SMILES string of the molecule is CC[C@@H](C)[C@@H]1NC(=O)[C@H](CC(C)C)N(C)C(=O)[C@H](C)[C@@H](CCC23CC4CC(CC(C4)C2)C3)OC(=O)CNC(=O)[C@H](CO)NC(=O)[C@H](CN)NC1=O. The molecule has 51 heavy (non-hydrogen) atoms. The van der Waals surface area contributed by atoms with Crippen LogP contribution >= 0.6 is 0 Å². The molecule has 0 aromatic heterocycles. The van der Waals surface area contributed by atoms with E-state index in [2.05, 4.69) is 21.3 Å². The second kappa shape index (κ2) is 17.5. The second-order valence-electron chi connectivity index (χ2n) is 16.5. The number of aliphatic hydroxyl groups excluding tert-OH is 1. The van der Waals surface area contributed by atoms with E-state index >= 15 is 0 Å². The molecule has 4 saturated carbocycles. The highest BCUT2D eigenvalue weighted by Gasteiger charge is 2.51. The maximum Gasteiger partial charge on any atom is 0.325 e. The van der Waals surface area contributed by atoms with Gasteiger partial charge in [-0.15, -0.1) is 0 Å². The number of likely N-dealkylation sites (N-methyl/N-ethyl adjacent to an activating group) is 1. The third-order valence-electron chi connectivity index (χ3n) is 12.1. The first-order valence-electron chi connectivity index (χ1n) is 19.1. The van der Waals surface area contributed by atoms with E-state index in [0.29, 0.717) is 19.3 Å². The number of hydrogen-bond donors (Lipinski definition) is 6. The summed E-state index contributed by atoms with van der Waals surface area (Å²) in [5.74, 6) is -2.93. The number of nitrogens with two attached hydrogens (primary N) is 1. The first-order chi connectivity index (χ1) is 24.1. The molecule has 14 nitrogen and oxygen atoms in total. The number of nitrogens with zero attached hydrogens (tertiary/aromatic N) is 1. The molecule has 5 aliphatic rings. The number of ether oxygens (including phenoxy) is 1. The van der Waals surface area contributed by atoms with Crippen molar-refractivity contribution in [3.63, 3.8) is 0 Å². The van der Waals surface area contributed by atoms with E-state index in [1.54, 1.807) is 20.9 Å². The van der Waals surface area contributed by atoms with Gasteiger partial charge in [0, 0.05) is 13.6 Å². The van der Waals surface area contributed by atoms with Crippen LogP contribution < -0.4 is 27.0 Å². The Morgan fingerprint density at radius 2 is 1.47 bits per heavy atom. The Hall–Kier alpha value is -3.26. The molecule has 0 radical (unpaired) electrons. The maximum absolute atomic E-state index is 14.3. The minimum Gasteiger partial charge on any atom is -0.460 e. The lowest BCUT2D eigenvalue weighted by atomic mass is 9.48. The average molecular weight is 719 g/mol. The Morgan fingerprint density at radius 1 is 0.882 bits per heavy atom. The molecule has 0 aromatic carbocycles. The van der Waals surface area contributed by atoms with Crippen molar-refractivity contribution in [2.45, 2.75) is 129 Å². The Labute approximate surface area is 302 Å². The molecule has 4 aliphatic carbocycles. The lowest BCUT2D eigenvalue weighted by molar-refractivity contribution is -0.159. The van der Waals surface area contributed by atoms with Crippen LogP contribution in [0.4, 0.5) is 0 Å². The van der Waals surface area contributed by atoms with Gasteiger partial charge in [-0.05, 0) is 92.8 Å². The van der Waals surface area contributed by atoms with Gasteiger partial charge in [0.15, 0.2) is 0 Å². The highest BCUT2D eigenvalue weighted by Crippen LogP contribution is 2.61. The molecule has 1 saturated heterocycles. The summed E-state index contributed by atoms with van der Waals surface area (Å²) in [7, 11) is 1.56. The minimum absolute atomic E-state index is 0.0156. The van der Waals surface area contributed by atoms with Gasteiger partial charge in [-0.1, -0.05) is 41.0 Å². The van der Waals surface area contributed by atoms with Gasteiger partial charge < -0.3 is 41.7 Å². The number of nitrogens with one attached hydrogen (secondary N) is 4. The summed E-state index contributed by atoms with van der Waals surface area (Å²) >= 11 is 0. The molecule has 5 rings (SSSR count). The normalized spacial score (nSPS) is 36.3. The van der Waals surface area contributed by atoms with Crippen LogP contribution in [0.1, 0.15) is 98.8 Å². The summed E-state index contributed by atoms with van der Waals surface area (Å²) < 4.78 is 5.98. The third-order valence-corrected chi connectivity index (χ3v) is 12.1. The van der Waals surface area contributed by atoms with E-state index in [9.17, 15) is 33.9 Å². The molecular formula is C37H62N6O8. The van der Waals surface area contributed by atoms with E-state index in [1.807, 2.05) is 20.8 Å². The molecule has 288 valence electrons. The fourth-order valence-electron chi connectivity index (χ4n) is 9.38. The van der Waals surface area contributed by atoms with Crippen molar-refractivity contribution in [3.8, 4) is 0 Å². The zero-order valence-corrected chi connectivity index (χ0v) is 31.4. The first kappa shape index (κ1) is 40.5. The van der Waals surface area contributed by atoms with Crippen LogP contribution in [0.15, 0.2) is 0 Å². The molecule has 1 heterocycles. The van der Waals surface area contributed by atoms with Crippen molar-refractivity contribution < 1.29 is 38.6 Å². The summed E-state index contributed by atoms with van der Waals surface area (Å²) in [6.45, 7) is 7.58. The predicted octanol–water partition coefficient (Wildman–Crippen LogP) is 0.985. The summed E-state index contributed by atoms with van der Waals surface area (Å²) in [6.07, 6.45) is 8.60. The number of hydrogen-bond acceptors (Lipinski definition) is 9. The minimum atomic E-state index is -1.44. The molecule has 5 fully saturated rings. The van der Waals surface area contributed by atoms with Crippen molar-refractivity contribution >= 4 is 35.5 Å². The number of carbonyl (C=O) groups excluding carboxylic acids is 6. The van der Waals surface area contributed by atoms with Gasteiger partial charge >= 0.3 is 5.97 Å². The smallest absolute Gasteiger partial charge is 0.325 e. The van der Waals surface area contributed by atoms with E-state index in [4.69, 9.17) is 10.5 Å². The number of aliphatic hydroxyl groups is 1. The zero-order chi connectivity index (χ0) is 37.6. The van der Waals surface area contributed by atoms with Crippen molar-refractivity contribution in [1.29, 1.82) is 0 Å². The summed E-state index contributed by atoms with van der Waals surface area (Å²) in [4.78, 5) is 82.7.